The van der Waals surface area contributed by atoms with Gasteiger partial charge < -0.3 is 10.6 Å². The Morgan fingerprint density at radius 1 is 1.22 bits per heavy atom. The summed E-state index contributed by atoms with van der Waals surface area (Å²) in [5.74, 6) is -0.183. The minimum Gasteiger partial charge on any atom is -0.337 e. The van der Waals surface area contributed by atoms with E-state index in [2.05, 4.69) is 4.72 Å². The molecule has 0 spiro atoms. The van der Waals surface area contributed by atoms with Crippen LogP contribution in [0.5, 0.6) is 0 Å². The van der Waals surface area contributed by atoms with Gasteiger partial charge in [0.1, 0.15) is 0 Å². The van der Waals surface area contributed by atoms with Crippen molar-refractivity contribution in [1.29, 1.82) is 0 Å². The Hall–Kier alpha value is -1.93. The van der Waals surface area contributed by atoms with Gasteiger partial charge in [0.25, 0.3) is 5.91 Å². The van der Waals surface area contributed by atoms with Gasteiger partial charge in [-0.15, -0.1) is 12.4 Å². The molecule has 0 aliphatic carbocycles. The average Bonchev–Trinajstić information content (AvgIpc) is 3.07. The van der Waals surface area contributed by atoms with Crippen LogP contribution in [0.2, 0.25) is 0 Å². The molecule has 0 aromatic heterocycles. The Bertz CT molecular complexity index is 904. The molecule has 3 N–H and O–H groups in total. The summed E-state index contributed by atoms with van der Waals surface area (Å²) >= 11 is 0. The molecule has 1 aliphatic heterocycles. The molecule has 1 heterocycles. The maximum absolute atomic E-state index is 12.7. The van der Waals surface area contributed by atoms with Crippen LogP contribution in [0.15, 0.2) is 53.4 Å². The number of sulfonamides is 1. The smallest absolute Gasteiger partial charge is 0.253 e. The zero-order chi connectivity index (χ0) is 18.7. The molecule has 1 aliphatic rings. The molecule has 0 radical (unpaired) electrons. The fourth-order valence-electron chi connectivity index (χ4n) is 3.03. The van der Waals surface area contributed by atoms with E-state index >= 15 is 0 Å². The van der Waals surface area contributed by atoms with Crippen LogP contribution in [0, 0.1) is 6.92 Å². The first-order valence-electron chi connectivity index (χ1n) is 8.56. The SMILES string of the molecule is Cc1ccc(C(=O)N2CC[C@@H](N)C2)cc1S(=O)(=O)NCc1ccccc1.Cl. The lowest BCUT2D eigenvalue weighted by Crippen LogP contribution is -2.32. The van der Waals surface area contributed by atoms with E-state index in [9.17, 15) is 13.2 Å². The van der Waals surface area contributed by atoms with Crippen molar-refractivity contribution in [1.82, 2.24) is 9.62 Å². The maximum Gasteiger partial charge on any atom is 0.253 e. The molecule has 1 saturated heterocycles. The number of hydrogen-bond donors (Lipinski definition) is 2. The summed E-state index contributed by atoms with van der Waals surface area (Å²) < 4.78 is 28.0. The third-order valence-corrected chi connectivity index (χ3v) is 6.09. The van der Waals surface area contributed by atoms with E-state index in [1.165, 1.54) is 6.07 Å². The molecule has 1 fully saturated rings. The molecular formula is C19H24ClN3O3S. The number of rotatable bonds is 5. The maximum atomic E-state index is 12.7. The molecule has 1 atom stereocenters. The third kappa shape index (κ3) is 5.07. The summed E-state index contributed by atoms with van der Waals surface area (Å²) in [4.78, 5) is 14.4. The summed E-state index contributed by atoms with van der Waals surface area (Å²) in [6.07, 6.45) is 0.765. The second-order valence-corrected chi connectivity index (χ2v) is 8.33. The van der Waals surface area contributed by atoms with Crippen LogP contribution in [-0.2, 0) is 16.6 Å². The van der Waals surface area contributed by atoms with Crippen molar-refractivity contribution in [3.63, 3.8) is 0 Å². The van der Waals surface area contributed by atoms with Gasteiger partial charge in [0.15, 0.2) is 0 Å². The Labute approximate surface area is 166 Å². The number of amides is 1. The lowest BCUT2D eigenvalue weighted by Gasteiger charge is -2.17. The Morgan fingerprint density at radius 3 is 2.56 bits per heavy atom. The van der Waals surface area contributed by atoms with E-state index in [0.717, 1.165) is 12.0 Å². The van der Waals surface area contributed by atoms with Crippen molar-refractivity contribution in [2.24, 2.45) is 5.73 Å². The summed E-state index contributed by atoms with van der Waals surface area (Å²) in [5.41, 5.74) is 7.69. The molecule has 3 rings (SSSR count). The summed E-state index contributed by atoms with van der Waals surface area (Å²) in [6.45, 7) is 3.02. The molecular weight excluding hydrogens is 386 g/mol. The molecule has 0 saturated carbocycles. The summed E-state index contributed by atoms with van der Waals surface area (Å²) in [5, 5.41) is 0. The van der Waals surface area contributed by atoms with Gasteiger partial charge in [0.2, 0.25) is 10.0 Å². The summed E-state index contributed by atoms with van der Waals surface area (Å²) in [7, 11) is -3.72. The van der Waals surface area contributed by atoms with Gasteiger partial charge in [-0.2, -0.15) is 0 Å². The molecule has 0 unspecified atom stereocenters. The number of aryl methyl sites for hydroxylation is 1. The number of likely N-dealkylation sites (tertiary alicyclic amines) is 1. The predicted molar refractivity (Wildman–Crippen MR) is 107 cm³/mol. The van der Waals surface area contributed by atoms with E-state index in [-0.39, 0.29) is 35.8 Å². The number of carbonyl (C=O) groups excluding carboxylic acids is 1. The number of benzene rings is 2. The van der Waals surface area contributed by atoms with E-state index in [0.29, 0.717) is 24.2 Å². The minimum absolute atomic E-state index is 0. The highest BCUT2D eigenvalue weighted by Crippen LogP contribution is 2.20. The molecule has 2 aromatic carbocycles. The van der Waals surface area contributed by atoms with Crippen LogP contribution in [0.1, 0.15) is 27.9 Å². The molecule has 8 heteroatoms. The van der Waals surface area contributed by atoms with Gasteiger partial charge in [-0.3, -0.25) is 4.79 Å². The molecule has 0 bridgehead atoms. The Morgan fingerprint density at radius 2 is 1.93 bits per heavy atom. The number of carbonyl (C=O) groups is 1. The van der Waals surface area contributed by atoms with E-state index in [1.54, 1.807) is 24.0 Å². The van der Waals surface area contributed by atoms with Crippen LogP contribution < -0.4 is 10.5 Å². The predicted octanol–water partition coefficient (Wildman–Crippen LogP) is 2.07. The van der Waals surface area contributed by atoms with Crippen molar-refractivity contribution in [3.05, 3.63) is 65.2 Å². The van der Waals surface area contributed by atoms with Crippen molar-refractivity contribution >= 4 is 28.3 Å². The van der Waals surface area contributed by atoms with Gasteiger partial charge in [-0.1, -0.05) is 36.4 Å². The largest absolute Gasteiger partial charge is 0.337 e. The van der Waals surface area contributed by atoms with Crippen LogP contribution >= 0.6 is 12.4 Å². The average molecular weight is 410 g/mol. The van der Waals surface area contributed by atoms with Crippen molar-refractivity contribution in [2.45, 2.75) is 30.8 Å². The normalized spacial score (nSPS) is 16.8. The zero-order valence-corrected chi connectivity index (χ0v) is 16.7. The van der Waals surface area contributed by atoms with Gasteiger partial charge in [0, 0.05) is 31.2 Å². The number of hydrogen-bond acceptors (Lipinski definition) is 4. The minimum atomic E-state index is -3.72. The Kier molecular flexibility index (Phi) is 7.00. The highest BCUT2D eigenvalue weighted by molar-refractivity contribution is 7.89. The van der Waals surface area contributed by atoms with E-state index < -0.39 is 10.0 Å². The quantitative estimate of drug-likeness (QED) is 0.790. The molecule has 146 valence electrons. The molecule has 27 heavy (non-hydrogen) atoms. The van der Waals surface area contributed by atoms with Crippen molar-refractivity contribution < 1.29 is 13.2 Å². The van der Waals surface area contributed by atoms with Crippen LogP contribution in [0.25, 0.3) is 0 Å². The van der Waals surface area contributed by atoms with E-state index in [1.807, 2.05) is 30.3 Å². The molecule has 6 nitrogen and oxygen atoms in total. The van der Waals surface area contributed by atoms with Gasteiger partial charge in [-0.25, -0.2) is 13.1 Å². The van der Waals surface area contributed by atoms with Crippen molar-refractivity contribution in [2.75, 3.05) is 13.1 Å². The van der Waals surface area contributed by atoms with Crippen LogP contribution in [0.3, 0.4) is 0 Å². The first kappa shape index (κ1) is 21.4. The number of halogens is 1. The molecule has 2 aromatic rings. The summed E-state index contributed by atoms with van der Waals surface area (Å²) in [6, 6.07) is 14.1. The number of nitrogens with zero attached hydrogens (tertiary/aromatic N) is 1. The highest BCUT2D eigenvalue weighted by Gasteiger charge is 2.26. The lowest BCUT2D eigenvalue weighted by molar-refractivity contribution is 0.0790. The standard InChI is InChI=1S/C19H23N3O3S.ClH/c1-14-7-8-16(19(23)22-10-9-17(20)13-22)11-18(14)26(24,25)21-12-15-5-3-2-4-6-15;/h2-8,11,17,21H,9-10,12-13,20H2,1H3;1H/t17-;/m1./s1. The van der Waals surface area contributed by atoms with Crippen LogP contribution in [0.4, 0.5) is 0 Å². The number of nitrogens with two attached hydrogens (primary N) is 1. The first-order chi connectivity index (χ1) is 12.4. The lowest BCUT2D eigenvalue weighted by atomic mass is 10.1. The van der Waals surface area contributed by atoms with Crippen LogP contribution in [-0.4, -0.2) is 38.4 Å². The zero-order valence-electron chi connectivity index (χ0n) is 15.1. The molecule has 1 amide bonds. The van der Waals surface area contributed by atoms with Crippen molar-refractivity contribution in [3.8, 4) is 0 Å². The third-order valence-electron chi connectivity index (χ3n) is 4.55. The second kappa shape index (κ2) is 8.84. The van der Waals surface area contributed by atoms with Gasteiger partial charge >= 0.3 is 0 Å². The van der Waals surface area contributed by atoms with E-state index in [4.69, 9.17) is 5.73 Å². The topological polar surface area (TPSA) is 92.5 Å². The first-order valence-corrected chi connectivity index (χ1v) is 10.0. The Balaban J connectivity index is 0.00000261. The highest BCUT2D eigenvalue weighted by atomic mass is 35.5. The monoisotopic (exact) mass is 409 g/mol. The fourth-order valence-corrected chi connectivity index (χ4v) is 4.32. The fraction of sp³-hybridized carbons (Fsp3) is 0.316. The van der Waals surface area contributed by atoms with Gasteiger partial charge in [0.05, 0.1) is 4.90 Å². The second-order valence-electron chi connectivity index (χ2n) is 6.59. The van der Waals surface area contributed by atoms with Gasteiger partial charge in [-0.05, 0) is 36.6 Å². The number of nitrogens with one attached hydrogen (secondary N) is 1.